The Morgan fingerprint density at radius 1 is 0.585 bits per heavy atom. The SMILES string of the molecule is CC/C=C/C=C/C=C/C=C/CCCCCCCC(=O)OCC(COCCC(C(=O)O)[N+](C)(C)C)OC(=O)CCCCCC/C=C/C/C=C/C/C=C/CC. The van der Waals surface area contributed by atoms with E-state index in [4.69, 9.17) is 14.2 Å². The number of carboxylic acids is 1. The van der Waals surface area contributed by atoms with Gasteiger partial charge in [-0.05, 0) is 64.2 Å². The molecule has 53 heavy (non-hydrogen) atoms. The third-order valence-electron chi connectivity index (χ3n) is 8.38. The van der Waals surface area contributed by atoms with E-state index in [1.807, 2.05) is 51.5 Å². The van der Waals surface area contributed by atoms with Gasteiger partial charge in [-0.25, -0.2) is 4.79 Å². The van der Waals surface area contributed by atoms with Gasteiger partial charge in [0.05, 0.1) is 34.4 Å². The summed E-state index contributed by atoms with van der Waals surface area (Å²) in [6, 6.07) is -0.627. The molecule has 0 saturated heterocycles. The number of carbonyl (C=O) groups excluding carboxylic acids is 2. The lowest BCUT2D eigenvalue weighted by molar-refractivity contribution is -0.887. The zero-order chi connectivity index (χ0) is 39.3. The van der Waals surface area contributed by atoms with Crippen LogP contribution in [-0.2, 0) is 28.6 Å². The molecule has 0 aromatic heterocycles. The second kappa shape index (κ2) is 35.5. The van der Waals surface area contributed by atoms with Crippen LogP contribution < -0.4 is 0 Å². The summed E-state index contributed by atoms with van der Waals surface area (Å²) in [5.41, 5.74) is 0. The predicted molar refractivity (Wildman–Crippen MR) is 220 cm³/mol. The lowest BCUT2D eigenvalue weighted by Gasteiger charge is -2.31. The molecule has 0 radical (unpaired) electrons. The normalized spacial score (nSPS) is 13.9. The zero-order valence-electron chi connectivity index (χ0n) is 33.9. The highest BCUT2D eigenvalue weighted by Crippen LogP contribution is 2.12. The minimum Gasteiger partial charge on any atom is -0.477 e. The lowest BCUT2D eigenvalue weighted by atomic mass is 10.1. The number of allylic oxidation sites excluding steroid dienone is 14. The third kappa shape index (κ3) is 34.1. The minimum atomic E-state index is -0.888. The van der Waals surface area contributed by atoms with Gasteiger partial charge in [-0.3, -0.25) is 9.59 Å². The molecule has 8 nitrogen and oxygen atoms in total. The summed E-state index contributed by atoms with van der Waals surface area (Å²) in [6.45, 7) is 4.40. The van der Waals surface area contributed by atoms with Crippen LogP contribution >= 0.6 is 0 Å². The molecule has 0 saturated carbocycles. The van der Waals surface area contributed by atoms with E-state index in [1.165, 1.54) is 0 Å². The molecule has 1 N–H and O–H groups in total. The number of aliphatic carboxylic acids is 1. The number of carboxylic acid groups (broad SMARTS) is 1. The van der Waals surface area contributed by atoms with Crippen LogP contribution in [0, 0.1) is 0 Å². The van der Waals surface area contributed by atoms with E-state index in [9.17, 15) is 19.5 Å². The summed E-state index contributed by atoms with van der Waals surface area (Å²) in [6.07, 6.45) is 44.8. The molecule has 0 rings (SSSR count). The molecule has 2 unspecified atom stereocenters. The first-order valence-electron chi connectivity index (χ1n) is 20.2. The summed E-state index contributed by atoms with van der Waals surface area (Å²) >= 11 is 0. The van der Waals surface area contributed by atoms with Crippen molar-refractivity contribution in [3.63, 3.8) is 0 Å². The number of nitrogens with zero attached hydrogens (tertiary/aromatic N) is 1. The maximum atomic E-state index is 12.7. The maximum absolute atomic E-state index is 12.7. The molecule has 0 aromatic rings. The number of quaternary nitrogens is 1. The predicted octanol–water partition coefficient (Wildman–Crippen LogP) is 10.6. The molecule has 0 amide bonds. The highest BCUT2D eigenvalue weighted by atomic mass is 16.6. The van der Waals surface area contributed by atoms with Crippen molar-refractivity contribution in [1.29, 1.82) is 0 Å². The van der Waals surface area contributed by atoms with Gasteiger partial charge in [0.15, 0.2) is 12.1 Å². The van der Waals surface area contributed by atoms with E-state index < -0.39 is 18.1 Å². The molecule has 0 heterocycles. The molecule has 300 valence electrons. The van der Waals surface area contributed by atoms with Crippen LogP contribution in [0.25, 0.3) is 0 Å². The Morgan fingerprint density at radius 3 is 1.70 bits per heavy atom. The van der Waals surface area contributed by atoms with Gasteiger partial charge in [-0.2, -0.15) is 0 Å². The molecular formula is C45H74NO7+. The van der Waals surface area contributed by atoms with Crippen molar-refractivity contribution in [3.05, 3.63) is 85.1 Å². The zero-order valence-corrected chi connectivity index (χ0v) is 33.9. The van der Waals surface area contributed by atoms with Crippen LogP contribution in [0.2, 0.25) is 0 Å². The second-order valence-corrected chi connectivity index (χ2v) is 14.2. The molecule has 0 spiro atoms. The molecule has 0 bridgehead atoms. The van der Waals surface area contributed by atoms with Crippen molar-refractivity contribution in [2.45, 2.75) is 142 Å². The van der Waals surface area contributed by atoms with E-state index in [0.29, 0.717) is 19.3 Å². The summed E-state index contributed by atoms with van der Waals surface area (Å²) in [5, 5.41) is 9.60. The van der Waals surface area contributed by atoms with E-state index >= 15 is 0 Å². The Bertz CT molecular complexity index is 1140. The smallest absolute Gasteiger partial charge is 0.362 e. The largest absolute Gasteiger partial charge is 0.477 e. The minimum absolute atomic E-state index is 0.0384. The van der Waals surface area contributed by atoms with Crippen LogP contribution in [0.1, 0.15) is 129 Å². The average molecular weight is 741 g/mol. The molecular weight excluding hydrogens is 666 g/mol. The van der Waals surface area contributed by atoms with Crippen molar-refractivity contribution in [3.8, 4) is 0 Å². The van der Waals surface area contributed by atoms with Gasteiger partial charge in [-0.1, -0.05) is 131 Å². The Hall–Kier alpha value is -3.49. The molecule has 0 aliphatic heterocycles. The number of hydrogen-bond acceptors (Lipinski definition) is 6. The topological polar surface area (TPSA) is 99.1 Å². The molecule has 8 heteroatoms. The Labute approximate surface area is 323 Å². The molecule has 2 atom stereocenters. The van der Waals surface area contributed by atoms with Gasteiger partial charge in [0, 0.05) is 19.3 Å². The quantitative estimate of drug-likeness (QED) is 0.0230. The first-order valence-corrected chi connectivity index (χ1v) is 20.2. The molecule has 0 aromatic carbocycles. The van der Waals surface area contributed by atoms with Crippen molar-refractivity contribution in [2.24, 2.45) is 0 Å². The van der Waals surface area contributed by atoms with Crippen molar-refractivity contribution in [2.75, 3.05) is 41.0 Å². The molecule has 0 aliphatic rings. The van der Waals surface area contributed by atoms with Gasteiger partial charge in [0.25, 0.3) is 0 Å². The summed E-state index contributed by atoms with van der Waals surface area (Å²) < 4.78 is 17.2. The second-order valence-electron chi connectivity index (χ2n) is 14.2. The third-order valence-corrected chi connectivity index (χ3v) is 8.38. The van der Waals surface area contributed by atoms with Gasteiger partial charge in [0.2, 0.25) is 0 Å². The van der Waals surface area contributed by atoms with E-state index in [1.54, 1.807) is 0 Å². The van der Waals surface area contributed by atoms with Gasteiger partial charge in [-0.15, -0.1) is 0 Å². The fraction of sp³-hybridized carbons (Fsp3) is 0.622. The lowest BCUT2D eigenvalue weighted by Crippen LogP contribution is -2.50. The van der Waals surface area contributed by atoms with E-state index in [-0.39, 0.29) is 36.2 Å². The van der Waals surface area contributed by atoms with Gasteiger partial charge < -0.3 is 23.8 Å². The highest BCUT2D eigenvalue weighted by Gasteiger charge is 2.31. The van der Waals surface area contributed by atoms with Gasteiger partial charge >= 0.3 is 17.9 Å². The summed E-state index contributed by atoms with van der Waals surface area (Å²) in [7, 11) is 5.49. The summed E-state index contributed by atoms with van der Waals surface area (Å²) in [5.74, 6) is -1.54. The van der Waals surface area contributed by atoms with Crippen molar-refractivity contribution in [1.82, 2.24) is 0 Å². The van der Waals surface area contributed by atoms with E-state index in [2.05, 4.69) is 68.5 Å². The fourth-order valence-corrected chi connectivity index (χ4v) is 5.29. The number of likely N-dealkylation sites (N-methyl/N-ethyl adjacent to an activating group) is 1. The van der Waals surface area contributed by atoms with Crippen LogP contribution in [0.4, 0.5) is 0 Å². The average Bonchev–Trinajstić information content (AvgIpc) is 3.11. The Balaban J connectivity index is 4.50. The van der Waals surface area contributed by atoms with Crippen LogP contribution in [0.5, 0.6) is 0 Å². The molecule has 0 fully saturated rings. The number of carbonyl (C=O) groups is 3. The van der Waals surface area contributed by atoms with Crippen LogP contribution in [-0.4, -0.2) is 80.6 Å². The van der Waals surface area contributed by atoms with E-state index in [0.717, 1.165) is 96.3 Å². The summed E-state index contributed by atoms with van der Waals surface area (Å²) in [4.78, 5) is 36.9. The highest BCUT2D eigenvalue weighted by molar-refractivity contribution is 5.72. The van der Waals surface area contributed by atoms with Crippen LogP contribution in [0.3, 0.4) is 0 Å². The number of ether oxygens (including phenoxy) is 3. The number of unbranched alkanes of at least 4 members (excludes halogenated alkanes) is 9. The standard InChI is InChI=1S/C45H73NO7/c1-6-8-10-12-14-16-18-20-22-24-25-27-29-31-33-35-43(47)52-40-41(39-51-38-37-42(45(49)50)46(3,4)5)53-44(48)36-34-32-30-28-26-23-21-19-17-15-13-11-9-7-2/h8-12,14-18,20-23,41-42H,6-7,13,19,24-40H2,1-5H3/p+1/b10-8+,11-9+,14-12+,17-15+,18-16+,22-20+,23-21+. The van der Waals surface area contributed by atoms with Crippen LogP contribution in [0.15, 0.2) is 85.1 Å². The van der Waals surface area contributed by atoms with Crippen molar-refractivity contribution < 1.29 is 38.2 Å². The van der Waals surface area contributed by atoms with Gasteiger partial charge in [0.1, 0.15) is 6.61 Å². The Morgan fingerprint density at radius 2 is 1.09 bits per heavy atom. The Kier molecular flexibility index (Phi) is 33.2. The first-order chi connectivity index (χ1) is 25.6. The van der Waals surface area contributed by atoms with Crippen molar-refractivity contribution >= 4 is 17.9 Å². The molecule has 0 aliphatic carbocycles. The number of hydrogen-bond donors (Lipinski definition) is 1. The number of esters is 2. The fourth-order valence-electron chi connectivity index (χ4n) is 5.29. The first kappa shape index (κ1) is 49.5. The monoisotopic (exact) mass is 741 g/mol. The maximum Gasteiger partial charge on any atom is 0.362 e. The number of rotatable bonds is 34.